The van der Waals surface area contributed by atoms with Crippen molar-refractivity contribution in [3.8, 4) is 5.75 Å². The molecule has 23 heavy (non-hydrogen) atoms. The third kappa shape index (κ3) is 5.23. The van der Waals surface area contributed by atoms with Crippen molar-refractivity contribution in [3.63, 3.8) is 0 Å². The van der Waals surface area contributed by atoms with Crippen LogP contribution in [-0.2, 0) is 22.4 Å². The van der Waals surface area contributed by atoms with Gasteiger partial charge in [0.1, 0.15) is 12.0 Å². The van der Waals surface area contributed by atoms with Gasteiger partial charge in [-0.3, -0.25) is 4.79 Å². The Morgan fingerprint density at radius 3 is 2.26 bits per heavy atom. The van der Waals surface area contributed by atoms with Gasteiger partial charge in [-0.25, -0.2) is 0 Å². The molecule has 5 nitrogen and oxygen atoms in total. The number of nitrogens with two attached hydrogens (primary N) is 1. The van der Waals surface area contributed by atoms with Crippen molar-refractivity contribution in [3.05, 3.63) is 65.7 Å². The third-order valence-electron chi connectivity index (χ3n) is 3.52. The van der Waals surface area contributed by atoms with Gasteiger partial charge in [0, 0.05) is 0 Å². The summed E-state index contributed by atoms with van der Waals surface area (Å²) in [6, 6.07) is 14.6. The second kappa shape index (κ2) is 8.10. The number of aromatic hydroxyl groups is 1. The quantitative estimate of drug-likeness (QED) is 0.670. The lowest BCUT2D eigenvalue weighted by Crippen LogP contribution is -2.47. The van der Waals surface area contributed by atoms with Crippen LogP contribution in [0.25, 0.3) is 0 Å². The summed E-state index contributed by atoms with van der Waals surface area (Å²) in [5.74, 6) is -0.199. The molecule has 0 aromatic heterocycles. The standard InChI is InChI=1S/C18H20N2O3/c19-17(11-13-4-2-1-3-5-13)18(23)20-15(12-21)10-14-6-8-16(22)9-7-14/h1-9,12,15,17,22H,10-11,19H2,(H,20,23)/t15-,17-/m0/s1. The summed E-state index contributed by atoms with van der Waals surface area (Å²) in [6.07, 6.45) is 1.46. The molecule has 4 N–H and O–H groups in total. The molecule has 0 saturated heterocycles. The van der Waals surface area contributed by atoms with E-state index in [2.05, 4.69) is 5.32 Å². The highest BCUT2D eigenvalue weighted by Crippen LogP contribution is 2.11. The Balaban J connectivity index is 1.91. The van der Waals surface area contributed by atoms with Gasteiger partial charge in [-0.15, -0.1) is 0 Å². The maximum Gasteiger partial charge on any atom is 0.237 e. The Morgan fingerprint density at radius 2 is 1.65 bits per heavy atom. The van der Waals surface area contributed by atoms with Crippen molar-refractivity contribution >= 4 is 12.2 Å². The van der Waals surface area contributed by atoms with Crippen LogP contribution in [0.2, 0.25) is 0 Å². The lowest BCUT2D eigenvalue weighted by Gasteiger charge is -2.17. The van der Waals surface area contributed by atoms with Crippen molar-refractivity contribution in [1.29, 1.82) is 0 Å². The zero-order valence-electron chi connectivity index (χ0n) is 12.7. The van der Waals surface area contributed by atoms with Gasteiger partial charge in [0.15, 0.2) is 0 Å². The Bertz CT molecular complexity index is 641. The first-order chi connectivity index (χ1) is 11.1. The van der Waals surface area contributed by atoms with Gasteiger partial charge < -0.3 is 21.0 Å². The van der Waals surface area contributed by atoms with Crippen LogP contribution in [0.5, 0.6) is 5.75 Å². The van der Waals surface area contributed by atoms with E-state index in [1.807, 2.05) is 30.3 Å². The number of carbonyl (C=O) groups excluding carboxylic acids is 2. The van der Waals surface area contributed by atoms with Crippen molar-refractivity contribution in [2.45, 2.75) is 24.9 Å². The maximum absolute atomic E-state index is 12.1. The predicted octanol–water partition coefficient (Wildman–Crippen LogP) is 1.19. The molecule has 0 fully saturated rings. The van der Waals surface area contributed by atoms with Gasteiger partial charge in [0.05, 0.1) is 12.1 Å². The van der Waals surface area contributed by atoms with Gasteiger partial charge in [-0.05, 0) is 36.1 Å². The number of nitrogens with one attached hydrogen (secondary N) is 1. The largest absolute Gasteiger partial charge is 0.508 e. The molecule has 120 valence electrons. The summed E-state index contributed by atoms with van der Waals surface area (Å²) in [7, 11) is 0. The number of aldehydes is 1. The van der Waals surface area contributed by atoms with E-state index in [9.17, 15) is 14.7 Å². The van der Waals surface area contributed by atoms with E-state index < -0.39 is 12.1 Å². The highest BCUT2D eigenvalue weighted by atomic mass is 16.3. The fourth-order valence-electron chi connectivity index (χ4n) is 2.27. The fourth-order valence-corrected chi connectivity index (χ4v) is 2.27. The van der Waals surface area contributed by atoms with Gasteiger partial charge in [-0.1, -0.05) is 42.5 Å². The summed E-state index contributed by atoms with van der Waals surface area (Å²) < 4.78 is 0. The maximum atomic E-state index is 12.1. The SMILES string of the molecule is N[C@@H](Cc1ccccc1)C(=O)N[C@H](C=O)Cc1ccc(O)cc1. The van der Waals surface area contributed by atoms with Gasteiger partial charge in [0.25, 0.3) is 0 Å². The van der Waals surface area contributed by atoms with Crippen molar-refractivity contribution in [1.82, 2.24) is 5.32 Å². The molecule has 2 atom stereocenters. The number of amides is 1. The predicted molar refractivity (Wildman–Crippen MR) is 87.9 cm³/mol. The summed E-state index contributed by atoms with van der Waals surface area (Å²) >= 11 is 0. The van der Waals surface area contributed by atoms with Crippen molar-refractivity contribution in [2.75, 3.05) is 0 Å². The van der Waals surface area contributed by atoms with Crippen LogP contribution in [0, 0.1) is 0 Å². The Kier molecular flexibility index (Phi) is 5.88. The molecule has 0 heterocycles. The van der Waals surface area contributed by atoms with Crippen LogP contribution in [-0.4, -0.2) is 29.4 Å². The van der Waals surface area contributed by atoms with E-state index in [-0.39, 0.29) is 11.7 Å². The zero-order chi connectivity index (χ0) is 16.7. The normalized spacial score (nSPS) is 13.1. The highest BCUT2D eigenvalue weighted by Gasteiger charge is 2.18. The summed E-state index contributed by atoms with van der Waals surface area (Å²) in [6.45, 7) is 0. The lowest BCUT2D eigenvalue weighted by atomic mass is 10.0. The van der Waals surface area contributed by atoms with Crippen LogP contribution < -0.4 is 11.1 Å². The minimum absolute atomic E-state index is 0.158. The molecule has 5 heteroatoms. The molecule has 0 radical (unpaired) electrons. The van der Waals surface area contributed by atoms with Crippen LogP contribution in [0.1, 0.15) is 11.1 Å². The first-order valence-corrected chi connectivity index (χ1v) is 7.41. The smallest absolute Gasteiger partial charge is 0.237 e. The van der Waals surface area contributed by atoms with Gasteiger partial charge in [0.2, 0.25) is 5.91 Å². The fraction of sp³-hybridized carbons (Fsp3) is 0.222. The minimum atomic E-state index is -0.709. The van der Waals surface area contributed by atoms with Crippen molar-refractivity contribution < 1.29 is 14.7 Å². The molecule has 0 unspecified atom stereocenters. The molecule has 1 amide bonds. The Morgan fingerprint density at radius 1 is 1.04 bits per heavy atom. The molecule has 2 rings (SSSR count). The average Bonchev–Trinajstić information content (AvgIpc) is 2.57. The molecule has 0 spiro atoms. The topological polar surface area (TPSA) is 92.4 Å². The number of hydrogen-bond donors (Lipinski definition) is 3. The Hall–Kier alpha value is -2.66. The van der Waals surface area contributed by atoms with E-state index in [1.54, 1.807) is 24.3 Å². The summed E-state index contributed by atoms with van der Waals surface area (Å²) in [5.41, 5.74) is 7.72. The second-order valence-corrected chi connectivity index (χ2v) is 5.42. The van der Waals surface area contributed by atoms with Crippen molar-refractivity contribution in [2.24, 2.45) is 5.73 Å². The van der Waals surface area contributed by atoms with E-state index >= 15 is 0 Å². The molecular formula is C18H20N2O3. The van der Waals surface area contributed by atoms with Gasteiger partial charge >= 0.3 is 0 Å². The number of hydrogen-bond acceptors (Lipinski definition) is 4. The number of rotatable bonds is 7. The Labute approximate surface area is 135 Å². The molecule has 2 aromatic rings. The zero-order valence-corrected chi connectivity index (χ0v) is 12.7. The van der Waals surface area contributed by atoms with E-state index in [1.165, 1.54) is 0 Å². The molecule has 0 aliphatic carbocycles. The van der Waals surface area contributed by atoms with Crippen LogP contribution in [0.4, 0.5) is 0 Å². The lowest BCUT2D eigenvalue weighted by molar-refractivity contribution is -0.125. The summed E-state index contributed by atoms with van der Waals surface area (Å²) in [4.78, 5) is 23.3. The number of benzene rings is 2. The minimum Gasteiger partial charge on any atom is -0.508 e. The van der Waals surface area contributed by atoms with E-state index in [0.717, 1.165) is 11.1 Å². The first-order valence-electron chi connectivity index (χ1n) is 7.41. The molecule has 0 aliphatic rings. The van der Waals surface area contributed by atoms with E-state index in [0.29, 0.717) is 19.1 Å². The third-order valence-corrected chi connectivity index (χ3v) is 3.52. The van der Waals surface area contributed by atoms with E-state index in [4.69, 9.17) is 5.73 Å². The highest BCUT2D eigenvalue weighted by molar-refractivity contribution is 5.84. The van der Waals surface area contributed by atoms with Gasteiger partial charge in [-0.2, -0.15) is 0 Å². The monoisotopic (exact) mass is 312 g/mol. The molecule has 2 aromatic carbocycles. The molecule has 0 bridgehead atoms. The number of carbonyl (C=O) groups is 2. The van der Waals surface area contributed by atoms with Crippen LogP contribution >= 0.6 is 0 Å². The number of phenols is 1. The first kappa shape index (κ1) is 16.7. The average molecular weight is 312 g/mol. The van der Waals surface area contributed by atoms with Crippen LogP contribution in [0.3, 0.4) is 0 Å². The number of phenolic OH excluding ortho intramolecular Hbond substituents is 1. The second-order valence-electron chi connectivity index (χ2n) is 5.42. The molecular weight excluding hydrogens is 292 g/mol. The summed E-state index contributed by atoms with van der Waals surface area (Å²) in [5, 5.41) is 11.9. The van der Waals surface area contributed by atoms with Crippen LogP contribution in [0.15, 0.2) is 54.6 Å². The molecule has 0 aliphatic heterocycles. The molecule has 0 saturated carbocycles.